The van der Waals surface area contributed by atoms with Crippen LogP contribution in [0.25, 0.3) is 0 Å². The molecular weight excluding hydrogens is 304 g/mol. The molecule has 1 aliphatic heterocycles. The molecule has 0 atom stereocenters. The van der Waals surface area contributed by atoms with Gasteiger partial charge in [0.1, 0.15) is 5.82 Å². The molecule has 7 nitrogen and oxygen atoms in total. The van der Waals surface area contributed by atoms with Gasteiger partial charge in [-0.2, -0.15) is 5.10 Å². The van der Waals surface area contributed by atoms with Crippen molar-refractivity contribution in [2.24, 2.45) is 7.05 Å². The van der Waals surface area contributed by atoms with Crippen molar-refractivity contribution in [1.82, 2.24) is 19.7 Å². The molecule has 1 fully saturated rings. The maximum atomic E-state index is 12.4. The van der Waals surface area contributed by atoms with Gasteiger partial charge in [0.15, 0.2) is 0 Å². The Bertz CT molecular complexity index is 700. The third-order valence-corrected chi connectivity index (χ3v) is 4.34. The average Bonchev–Trinajstić information content (AvgIpc) is 2.97. The minimum Gasteiger partial charge on any atom is -0.368 e. The van der Waals surface area contributed by atoms with Crippen LogP contribution in [0.3, 0.4) is 0 Å². The summed E-state index contributed by atoms with van der Waals surface area (Å²) in [5, 5.41) is 7.15. The van der Waals surface area contributed by atoms with E-state index in [1.807, 2.05) is 32.3 Å². The normalized spacial score (nSPS) is 15.5. The lowest BCUT2D eigenvalue weighted by Gasteiger charge is -2.33. The van der Waals surface area contributed by atoms with E-state index in [2.05, 4.69) is 32.2 Å². The molecule has 1 amide bonds. The van der Waals surface area contributed by atoms with Crippen molar-refractivity contribution < 1.29 is 4.79 Å². The highest BCUT2D eigenvalue weighted by molar-refractivity contribution is 6.04. The fourth-order valence-electron chi connectivity index (χ4n) is 2.88. The minimum atomic E-state index is -0.167. The molecule has 3 rings (SSSR count). The molecule has 0 bridgehead atoms. The first-order valence-corrected chi connectivity index (χ1v) is 8.30. The Morgan fingerprint density at radius 1 is 1.21 bits per heavy atom. The molecule has 0 aliphatic carbocycles. The first kappa shape index (κ1) is 16.4. The first-order chi connectivity index (χ1) is 11.6. The van der Waals surface area contributed by atoms with Crippen LogP contribution in [0.2, 0.25) is 0 Å². The van der Waals surface area contributed by atoms with Crippen LogP contribution in [-0.4, -0.2) is 58.8 Å². The Morgan fingerprint density at radius 2 is 1.96 bits per heavy atom. The summed E-state index contributed by atoms with van der Waals surface area (Å²) in [5.74, 6) is 0.392. The van der Waals surface area contributed by atoms with Crippen LogP contribution in [0, 0.1) is 0 Å². The van der Waals surface area contributed by atoms with E-state index in [0.717, 1.165) is 44.0 Å². The largest absolute Gasteiger partial charge is 0.368 e. The fourth-order valence-corrected chi connectivity index (χ4v) is 2.88. The van der Waals surface area contributed by atoms with Crippen LogP contribution < -0.4 is 10.2 Å². The molecule has 0 spiro atoms. The number of aryl methyl sites for hydroxylation is 2. The molecule has 0 unspecified atom stereocenters. The predicted molar refractivity (Wildman–Crippen MR) is 94.5 cm³/mol. The van der Waals surface area contributed by atoms with E-state index < -0.39 is 0 Å². The van der Waals surface area contributed by atoms with Gasteiger partial charge in [-0.3, -0.25) is 9.48 Å². The molecule has 128 valence electrons. The van der Waals surface area contributed by atoms with Crippen LogP contribution in [0.15, 0.2) is 24.5 Å². The van der Waals surface area contributed by atoms with Gasteiger partial charge >= 0.3 is 0 Å². The molecule has 0 aromatic carbocycles. The second kappa shape index (κ2) is 7.00. The number of nitrogens with zero attached hydrogens (tertiary/aromatic N) is 5. The van der Waals surface area contributed by atoms with E-state index in [9.17, 15) is 4.79 Å². The third kappa shape index (κ3) is 3.56. The maximum Gasteiger partial charge on any atom is 0.260 e. The number of pyridine rings is 1. The minimum absolute atomic E-state index is 0.167. The van der Waals surface area contributed by atoms with E-state index >= 15 is 0 Å². The van der Waals surface area contributed by atoms with Gasteiger partial charge in [-0.05, 0) is 25.6 Å². The maximum absolute atomic E-state index is 12.4. The summed E-state index contributed by atoms with van der Waals surface area (Å²) < 4.78 is 1.66. The van der Waals surface area contributed by atoms with Gasteiger partial charge < -0.3 is 15.1 Å². The number of carbonyl (C=O) groups excluding carboxylic acids is 1. The average molecular weight is 328 g/mol. The number of hydrogen-bond acceptors (Lipinski definition) is 5. The summed E-state index contributed by atoms with van der Waals surface area (Å²) in [7, 11) is 3.95. The van der Waals surface area contributed by atoms with Gasteiger partial charge in [0, 0.05) is 39.4 Å². The summed E-state index contributed by atoms with van der Waals surface area (Å²) in [5.41, 5.74) is 2.49. The standard InChI is InChI=1S/C17H24N6O/c1-4-15-14(12-22(3)20-15)17(24)19-16-6-5-13(11-18-16)23-9-7-21(2)8-10-23/h5-6,11-12H,4,7-10H2,1-3H3,(H,18,19,24). The summed E-state index contributed by atoms with van der Waals surface area (Å²) in [4.78, 5) is 21.4. The van der Waals surface area contributed by atoms with Crippen LogP contribution in [-0.2, 0) is 13.5 Å². The highest BCUT2D eigenvalue weighted by Gasteiger charge is 2.16. The quantitative estimate of drug-likeness (QED) is 0.918. The molecule has 7 heteroatoms. The summed E-state index contributed by atoms with van der Waals surface area (Å²) >= 11 is 0. The molecule has 3 heterocycles. The van der Waals surface area contributed by atoms with E-state index in [1.54, 1.807) is 10.9 Å². The second-order valence-corrected chi connectivity index (χ2v) is 6.16. The van der Waals surface area contributed by atoms with E-state index in [0.29, 0.717) is 11.4 Å². The molecule has 2 aromatic rings. The van der Waals surface area contributed by atoms with Gasteiger partial charge in [-0.1, -0.05) is 6.92 Å². The van der Waals surface area contributed by atoms with Crippen LogP contribution in [0.4, 0.5) is 11.5 Å². The Labute approximate surface area is 142 Å². The Hall–Kier alpha value is -2.41. The number of carbonyl (C=O) groups is 1. The van der Waals surface area contributed by atoms with Crippen molar-refractivity contribution in [3.8, 4) is 0 Å². The van der Waals surface area contributed by atoms with Crippen molar-refractivity contribution in [1.29, 1.82) is 0 Å². The summed E-state index contributed by atoms with van der Waals surface area (Å²) in [6.45, 7) is 6.10. The molecule has 2 aromatic heterocycles. The molecule has 0 radical (unpaired) electrons. The van der Waals surface area contributed by atoms with Crippen LogP contribution in [0.5, 0.6) is 0 Å². The number of likely N-dealkylation sites (N-methyl/N-ethyl adjacent to an activating group) is 1. The molecule has 1 saturated heterocycles. The fraction of sp³-hybridized carbons (Fsp3) is 0.471. The number of piperazine rings is 1. The molecule has 24 heavy (non-hydrogen) atoms. The van der Waals surface area contributed by atoms with Gasteiger partial charge in [0.2, 0.25) is 0 Å². The van der Waals surface area contributed by atoms with Gasteiger partial charge in [0.05, 0.1) is 23.1 Å². The van der Waals surface area contributed by atoms with Gasteiger partial charge in [-0.25, -0.2) is 4.98 Å². The van der Waals surface area contributed by atoms with Crippen molar-refractivity contribution in [2.45, 2.75) is 13.3 Å². The van der Waals surface area contributed by atoms with Gasteiger partial charge in [0.25, 0.3) is 5.91 Å². The summed E-state index contributed by atoms with van der Waals surface area (Å²) in [6.07, 6.45) is 4.29. The van der Waals surface area contributed by atoms with E-state index in [-0.39, 0.29) is 5.91 Å². The summed E-state index contributed by atoms with van der Waals surface area (Å²) in [6, 6.07) is 3.87. The lowest BCUT2D eigenvalue weighted by Crippen LogP contribution is -2.44. The SMILES string of the molecule is CCc1nn(C)cc1C(=O)Nc1ccc(N2CCN(C)CC2)cn1. The van der Waals surface area contributed by atoms with Crippen LogP contribution >= 0.6 is 0 Å². The molecule has 0 saturated carbocycles. The van der Waals surface area contributed by atoms with Gasteiger partial charge in [-0.15, -0.1) is 0 Å². The molecular formula is C17H24N6O. The van der Waals surface area contributed by atoms with Crippen molar-refractivity contribution in [2.75, 3.05) is 43.4 Å². The molecule has 1 N–H and O–H groups in total. The topological polar surface area (TPSA) is 66.3 Å². The van der Waals surface area contributed by atoms with Crippen molar-refractivity contribution >= 4 is 17.4 Å². The number of amides is 1. The zero-order valence-corrected chi connectivity index (χ0v) is 14.5. The van der Waals surface area contributed by atoms with Crippen molar-refractivity contribution in [3.63, 3.8) is 0 Å². The second-order valence-electron chi connectivity index (χ2n) is 6.16. The Balaban J connectivity index is 1.66. The van der Waals surface area contributed by atoms with Crippen molar-refractivity contribution in [3.05, 3.63) is 35.8 Å². The zero-order chi connectivity index (χ0) is 17.1. The Kier molecular flexibility index (Phi) is 4.80. The first-order valence-electron chi connectivity index (χ1n) is 8.30. The third-order valence-electron chi connectivity index (χ3n) is 4.34. The number of hydrogen-bond donors (Lipinski definition) is 1. The number of aromatic nitrogens is 3. The number of rotatable bonds is 4. The van der Waals surface area contributed by atoms with E-state index in [4.69, 9.17) is 0 Å². The lowest BCUT2D eigenvalue weighted by molar-refractivity contribution is 0.102. The smallest absolute Gasteiger partial charge is 0.260 e. The number of anilines is 2. The monoisotopic (exact) mass is 328 g/mol. The number of nitrogens with one attached hydrogen (secondary N) is 1. The van der Waals surface area contributed by atoms with Crippen LogP contribution in [0.1, 0.15) is 23.0 Å². The lowest BCUT2D eigenvalue weighted by atomic mass is 10.2. The Morgan fingerprint density at radius 3 is 2.58 bits per heavy atom. The highest BCUT2D eigenvalue weighted by atomic mass is 16.1. The highest BCUT2D eigenvalue weighted by Crippen LogP contribution is 2.17. The predicted octanol–water partition coefficient (Wildman–Crippen LogP) is 1.38. The molecule has 1 aliphatic rings. The van der Waals surface area contributed by atoms with E-state index in [1.165, 1.54) is 0 Å². The zero-order valence-electron chi connectivity index (χ0n) is 14.5.